The van der Waals surface area contributed by atoms with Crippen LogP contribution in [0.25, 0.3) is 0 Å². The molecule has 3 rings (SSSR count). The molecule has 1 aromatic heterocycles. The molecule has 1 aliphatic heterocycles. The summed E-state index contributed by atoms with van der Waals surface area (Å²) >= 11 is 0. The molecule has 1 saturated carbocycles. The SMILES string of the molecule is c1ccc(CN2CCCC(NC3CC3)C2)nc1. The van der Waals surface area contributed by atoms with Gasteiger partial charge in [0.25, 0.3) is 0 Å². The third-order valence-corrected chi connectivity index (χ3v) is 3.67. The molecule has 0 spiro atoms. The minimum atomic E-state index is 0.708. The number of piperidine rings is 1. The van der Waals surface area contributed by atoms with Crippen LogP contribution in [0.1, 0.15) is 31.4 Å². The average molecular weight is 231 g/mol. The Labute approximate surface area is 103 Å². The number of rotatable bonds is 4. The van der Waals surface area contributed by atoms with Gasteiger partial charge in [-0.3, -0.25) is 9.88 Å². The van der Waals surface area contributed by atoms with Crippen molar-refractivity contribution < 1.29 is 0 Å². The molecule has 1 saturated heterocycles. The van der Waals surface area contributed by atoms with Crippen molar-refractivity contribution in [2.75, 3.05) is 13.1 Å². The molecule has 0 radical (unpaired) electrons. The van der Waals surface area contributed by atoms with Gasteiger partial charge in [0.2, 0.25) is 0 Å². The average Bonchev–Trinajstić information content (AvgIpc) is 3.15. The summed E-state index contributed by atoms with van der Waals surface area (Å²) in [5.74, 6) is 0. The van der Waals surface area contributed by atoms with E-state index in [2.05, 4.69) is 27.3 Å². The van der Waals surface area contributed by atoms with Crippen molar-refractivity contribution in [2.45, 2.75) is 44.3 Å². The lowest BCUT2D eigenvalue weighted by Crippen LogP contribution is -2.46. The minimum Gasteiger partial charge on any atom is -0.310 e. The van der Waals surface area contributed by atoms with Crippen molar-refractivity contribution in [3.8, 4) is 0 Å². The number of nitrogens with zero attached hydrogens (tertiary/aromatic N) is 2. The monoisotopic (exact) mass is 231 g/mol. The predicted octanol–water partition coefficient (Wildman–Crippen LogP) is 1.80. The minimum absolute atomic E-state index is 0.708. The van der Waals surface area contributed by atoms with Gasteiger partial charge in [-0.2, -0.15) is 0 Å². The maximum absolute atomic E-state index is 4.41. The quantitative estimate of drug-likeness (QED) is 0.856. The molecule has 2 heterocycles. The second kappa shape index (κ2) is 5.15. The maximum atomic E-state index is 4.41. The van der Waals surface area contributed by atoms with E-state index < -0.39 is 0 Å². The lowest BCUT2D eigenvalue weighted by molar-refractivity contribution is 0.181. The molecule has 1 aromatic rings. The van der Waals surface area contributed by atoms with Crippen LogP contribution in [0.15, 0.2) is 24.4 Å². The molecular formula is C14H21N3. The molecule has 0 amide bonds. The van der Waals surface area contributed by atoms with Gasteiger partial charge in [0.05, 0.1) is 5.69 Å². The molecule has 1 N–H and O–H groups in total. The Kier molecular flexibility index (Phi) is 3.39. The first-order chi connectivity index (χ1) is 8.40. The van der Waals surface area contributed by atoms with Crippen molar-refractivity contribution in [3.63, 3.8) is 0 Å². The molecule has 2 aliphatic rings. The van der Waals surface area contributed by atoms with Crippen LogP contribution in [0.3, 0.4) is 0 Å². The van der Waals surface area contributed by atoms with E-state index in [4.69, 9.17) is 0 Å². The lowest BCUT2D eigenvalue weighted by atomic mass is 10.1. The number of likely N-dealkylation sites (tertiary alicyclic amines) is 1. The Hall–Kier alpha value is -0.930. The summed E-state index contributed by atoms with van der Waals surface area (Å²) < 4.78 is 0. The first-order valence-corrected chi connectivity index (χ1v) is 6.78. The van der Waals surface area contributed by atoms with Crippen molar-refractivity contribution in [1.82, 2.24) is 15.2 Å². The Bertz CT molecular complexity index is 348. The Morgan fingerprint density at radius 2 is 2.18 bits per heavy atom. The van der Waals surface area contributed by atoms with E-state index in [9.17, 15) is 0 Å². The van der Waals surface area contributed by atoms with Crippen LogP contribution < -0.4 is 5.32 Å². The van der Waals surface area contributed by atoms with E-state index in [0.29, 0.717) is 6.04 Å². The molecule has 17 heavy (non-hydrogen) atoms. The number of nitrogens with one attached hydrogen (secondary N) is 1. The van der Waals surface area contributed by atoms with Crippen molar-refractivity contribution >= 4 is 0 Å². The third kappa shape index (κ3) is 3.27. The topological polar surface area (TPSA) is 28.2 Å². The molecule has 92 valence electrons. The van der Waals surface area contributed by atoms with Crippen LogP contribution in [0.2, 0.25) is 0 Å². The summed E-state index contributed by atoms with van der Waals surface area (Å²) in [7, 11) is 0. The molecule has 0 bridgehead atoms. The normalized spacial score (nSPS) is 26.0. The predicted molar refractivity (Wildman–Crippen MR) is 68.7 cm³/mol. The second-order valence-electron chi connectivity index (χ2n) is 5.34. The maximum Gasteiger partial charge on any atom is 0.0543 e. The van der Waals surface area contributed by atoms with E-state index in [1.165, 1.54) is 44.5 Å². The molecule has 1 aliphatic carbocycles. The molecule has 3 nitrogen and oxygen atoms in total. The summed E-state index contributed by atoms with van der Waals surface area (Å²) in [5.41, 5.74) is 1.19. The first-order valence-electron chi connectivity index (χ1n) is 6.78. The van der Waals surface area contributed by atoms with Crippen LogP contribution in [0.5, 0.6) is 0 Å². The van der Waals surface area contributed by atoms with Crippen LogP contribution in [-0.2, 0) is 6.54 Å². The van der Waals surface area contributed by atoms with Crippen molar-refractivity contribution in [1.29, 1.82) is 0 Å². The van der Waals surface area contributed by atoms with Gasteiger partial charge in [0, 0.05) is 31.4 Å². The van der Waals surface area contributed by atoms with E-state index >= 15 is 0 Å². The van der Waals surface area contributed by atoms with E-state index in [0.717, 1.165) is 12.6 Å². The first kappa shape index (κ1) is 11.2. The molecule has 3 heteroatoms. The molecule has 0 aromatic carbocycles. The van der Waals surface area contributed by atoms with Gasteiger partial charge in [0.1, 0.15) is 0 Å². The lowest BCUT2D eigenvalue weighted by Gasteiger charge is -2.33. The summed E-state index contributed by atoms with van der Waals surface area (Å²) in [5, 5.41) is 3.75. The highest BCUT2D eigenvalue weighted by molar-refractivity contribution is 5.03. The van der Waals surface area contributed by atoms with Gasteiger partial charge in [-0.1, -0.05) is 6.07 Å². The largest absolute Gasteiger partial charge is 0.310 e. The summed E-state index contributed by atoms with van der Waals surface area (Å²) in [6.07, 6.45) is 7.32. The summed E-state index contributed by atoms with van der Waals surface area (Å²) in [6, 6.07) is 7.72. The van der Waals surface area contributed by atoms with Crippen molar-refractivity contribution in [3.05, 3.63) is 30.1 Å². The van der Waals surface area contributed by atoms with Gasteiger partial charge < -0.3 is 5.32 Å². The Morgan fingerprint density at radius 3 is 2.94 bits per heavy atom. The zero-order chi connectivity index (χ0) is 11.5. The number of hydrogen-bond acceptors (Lipinski definition) is 3. The zero-order valence-corrected chi connectivity index (χ0v) is 10.3. The standard InChI is InChI=1S/C14H21N3/c1-2-8-15-13(4-1)10-17-9-3-5-14(11-17)16-12-6-7-12/h1-2,4,8,12,14,16H,3,5-7,9-11H2. The highest BCUT2D eigenvalue weighted by Gasteiger charge is 2.27. The summed E-state index contributed by atoms with van der Waals surface area (Å²) in [6.45, 7) is 3.41. The molecular weight excluding hydrogens is 210 g/mol. The fraction of sp³-hybridized carbons (Fsp3) is 0.643. The van der Waals surface area contributed by atoms with Gasteiger partial charge in [-0.25, -0.2) is 0 Å². The number of hydrogen-bond donors (Lipinski definition) is 1. The zero-order valence-electron chi connectivity index (χ0n) is 10.3. The van der Waals surface area contributed by atoms with Crippen LogP contribution >= 0.6 is 0 Å². The van der Waals surface area contributed by atoms with Crippen LogP contribution in [0, 0.1) is 0 Å². The van der Waals surface area contributed by atoms with E-state index in [-0.39, 0.29) is 0 Å². The molecule has 2 fully saturated rings. The summed E-state index contributed by atoms with van der Waals surface area (Å²) in [4.78, 5) is 6.94. The highest BCUT2D eigenvalue weighted by Crippen LogP contribution is 2.22. The van der Waals surface area contributed by atoms with Gasteiger partial charge >= 0.3 is 0 Å². The highest BCUT2D eigenvalue weighted by atomic mass is 15.2. The second-order valence-corrected chi connectivity index (χ2v) is 5.34. The smallest absolute Gasteiger partial charge is 0.0543 e. The molecule has 1 atom stereocenters. The fourth-order valence-corrected chi connectivity index (χ4v) is 2.64. The van der Waals surface area contributed by atoms with Gasteiger partial charge in [-0.15, -0.1) is 0 Å². The van der Waals surface area contributed by atoms with Crippen LogP contribution in [0.4, 0.5) is 0 Å². The van der Waals surface area contributed by atoms with Gasteiger partial charge in [-0.05, 0) is 44.4 Å². The van der Waals surface area contributed by atoms with Crippen LogP contribution in [-0.4, -0.2) is 35.1 Å². The third-order valence-electron chi connectivity index (χ3n) is 3.67. The van der Waals surface area contributed by atoms with Crippen molar-refractivity contribution in [2.24, 2.45) is 0 Å². The molecule has 1 unspecified atom stereocenters. The number of aromatic nitrogens is 1. The van der Waals surface area contributed by atoms with E-state index in [1.807, 2.05) is 12.3 Å². The number of pyridine rings is 1. The van der Waals surface area contributed by atoms with E-state index in [1.54, 1.807) is 0 Å². The Morgan fingerprint density at radius 1 is 1.24 bits per heavy atom. The fourth-order valence-electron chi connectivity index (χ4n) is 2.64. The van der Waals surface area contributed by atoms with Gasteiger partial charge in [0.15, 0.2) is 0 Å². The Balaban J connectivity index is 1.52.